The smallest absolute Gasteiger partial charge is 0.208 e. The van der Waals surface area contributed by atoms with Gasteiger partial charge in [-0.15, -0.1) is 0 Å². The molecule has 0 atom stereocenters. The van der Waals surface area contributed by atoms with Crippen molar-refractivity contribution in [1.82, 2.24) is 4.72 Å². The Kier molecular flexibility index (Phi) is 5.44. The third kappa shape index (κ3) is 6.28. The Balaban J connectivity index is 2.40. The molecule has 0 heterocycles. The molecule has 1 rings (SSSR count). The molecule has 0 fully saturated rings. The van der Waals surface area contributed by atoms with Crippen LogP contribution in [0.25, 0.3) is 0 Å². The predicted octanol–water partition coefficient (Wildman–Crippen LogP) is 1.57. The monoisotopic (exact) mass is 257 g/mol. The van der Waals surface area contributed by atoms with E-state index < -0.39 is 10.0 Å². The highest BCUT2D eigenvalue weighted by atomic mass is 32.2. The number of ether oxygens (including phenoxy) is 1. The fourth-order valence-corrected chi connectivity index (χ4v) is 1.83. The van der Waals surface area contributed by atoms with E-state index in [-0.39, 0.29) is 0 Å². The molecule has 0 aromatic heterocycles. The SMILES string of the molecule is CCCOc1ccc(CCNS(C)(=O)=O)cc1. The first-order valence-electron chi connectivity index (χ1n) is 5.67. The molecule has 0 saturated carbocycles. The molecule has 4 nitrogen and oxygen atoms in total. The van der Waals surface area contributed by atoms with E-state index in [9.17, 15) is 8.42 Å². The van der Waals surface area contributed by atoms with E-state index in [1.54, 1.807) is 0 Å². The van der Waals surface area contributed by atoms with E-state index >= 15 is 0 Å². The highest BCUT2D eigenvalue weighted by Gasteiger charge is 2.00. The van der Waals surface area contributed by atoms with Gasteiger partial charge in [-0.2, -0.15) is 0 Å². The van der Waals surface area contributed by atoms with E-state index in [1.807, 2.05) is 24.3 Å². The lowest BCUT2D eigenvalue weighted by atomic mass is 10.1. The standard InChI is InChI=1S/C12H19NO3S/c1-3-10-16-12-6-4-11(5-7-12)8-9-13-17(2,14)15/h4-7,13H,3,8-10H2,1-2H3. The van der Waals surface area contributed by atoms with Gasteiger partial charge in [0.05, 0.1) is 12.9 Å². The van der Waals surface area contributed by atoms with Crippen LogP contribution < -0.4 is 9.46 Å². The summed E-state index contributed by atoms with van der Waals surface area (Å²) in [6.07, 6.45) is 2.83. The van der Waals surface area contributed by atoms with Gasteiger partial charge in [0.15, 0.2) is 0 Å². The average Bonchev–Trinajstić information content (AvgIpc) is 2.26. The van der Waals surface area contributed by atoms with Crippen LogP contribution in [0.3, 0.4) is 0 Å². The van der Waals surface area contributed by atoms with Crippen molar-refractivity contribution in [1.29, 1.82) is 0 Å². The van der Waals surface area contributed by atoms with Crippen molar-refractivity contribution in [3.63, 3.8) is 0 Å². The summed E-state index contributed by atoms with van der Waals surface area (Å²) < 4.78 is 29.6. The van der Waals surface area contributed by atoms with Crippen LogP contribution in [-0.4, -0.2) is 27.8 Å². The largest absolute Gasteiger partial charge is 0.494 e. The minimum atomic E-state index is -3.09. The van der Waals surface area contributed by atoms with Gasteiger partial charge in [-0.25, -0.2) is 13.1 Å². The summed E-state index contributed by atoms with van der Waals surface area (Å²) in [5.74, 6) is 0.853. The van der Waals surface area contributed by atoms with E-state index in [2.05, 4.69) is 11.6 Å². The van der Waals surface area contributed by atoms with Crippen molar-refractivity contribution >= 4 is 10.0 Å². The van der Waals surface area contributed by atoms with Gasteiger partial charge in [-0.1, -0.05) is 19.1 Å². The molecule has 0 bridgehead atoms. The van der Waals surface area contributed by atoms with Gasteiger partial charge in [0.25, 0.3) is 0 Å². The minimum absolute atomic E-state index is 0.425. The van der Waals surface area contributed by atoms with Crippen molar-refractivity contribution < 1.29 is 13.2 Å². The zero-order valence-corrected chi connectivity index (χ0v) is 11.1. The van der Waals surface area contributed by atoms with Crippen molar-refractivity contribution in [3.8, 4) is 5.75 Å². The topological polar surface area (TPSA) is 55.4 Å². The first kappa shape index (κ1) is 14.0. The Morgan fingerprint density at radius 1 is 1.24 bits per heavy atom. The van der Waals surface area contributed by atoms with Gasteiger partial charge < -0.3 is 4.74 Å². The predicted molar refractivity (Wildman–Crippen MR) is 68.8 cm³/mol. The van der Waals surface area contributed by atoms with Gasteiger partial charge in [-0.05, 0) is 30.5 Å². The highest BCUT2D eigenvalue weighted by molar-refractivity contribution is 7.88. The molecule has 0 aliphatic rings. The van der Waals surface area contributed by atoms with Gasteiger partial charge in [0.1, 0.15) is 5.75 Å². The number of benzene rings is 1. The summed E-state index contributed by atoms with van der Waals surface area (Å²) in [4.78, 5) is 0. The average molecular weight is 257 g/mol. The van der Waals surface area contributed by atoms with E-state index in [0.29, 0.717) is 13.0 Å². The van der Waals surface area contributed by atoms with Crippen LogP contribution in [0, 0.1) is 0 Å². The second kappa shape index (κ2) is 6.61. The second-order valence-corrected chi connectivity index (χ2v) is 5.74. The molecule has 17 heavy (non-hydrogen) atoms. The lowest BCUT2D eigenvalue weighted by Crippen LogP contribution is -2.24. The maximum absolute atomic E-state index is 10.9. The Morgan fingerprint density at radius 2 is 1.88 bits per heavy atom. The van der Waals surface area contributed by atoms with Gasteiger partial charge in [0.2, 0.25) is 10.0 Å². The molecule has 0 amide bonds. The highest BCUT2D eigenvalue weighted by Crippen LogP contribution is 2.12. The molecule has 0 spiro atoms. The molecule has 1 aromatic rings. The molecule has 1 N–H and O–H groups in total. The number of nitrogens with one attached hydrogen (secondary N) is 1. The lowest BCUT2D eigenvalue weighted by Gasteiger charge is -2.06. The zero-order valence-electron chi connectivity index (χ0n) is 10.3. The summed E-state index contributed by atoms with van der Waals surface area (Å²) in [5, 5.41) is 0. The Morgan fingerprint density at radius 3 is 2.41 bits per heavy atom. The molecule has 0 saturated heterocycles. The van der Waals surface area contributed by atoms with Crippen LogP contribution in [0.1, 0.15) is 18.9 Å². The van der Waals surface area contributed by atoms with E-state index in [0.717, 1.165) is 30.6 Å². The first-order chi connectivity index (χ1) is 8.01. The summed E-state index contributed by atoms with van der Waals surface area (Å²) in [7, 11) is -3.09. The molecule has 0 unspecified atom stereocenters. The number of hydrogen-bond donors (Lipinski definition) is 1. The van der Waals surface area contributed by atoms with Gasteiger partial charge >= 0.3 is 0 Å². The van der Waals surface area contributed by atoms with Crippen molar-refractivity contribution in [2.45, 2.75) is 19.8 Å². The van der Waals surface area contributed by atoms with Crippen molar-refractivity contribution in [2.24, 2.45) is 0 Å². The number of sulfonamides is 1. The summed E-state index contributed by atoms with van der Waals surface area (Å²) in [5.41, 5.74) is 1.09. The Bertz CT molecular complexity index is 426. The third-order valence-corrected chi connectivity index (χ3v) is 2.90. The molecule has 5 heteroatoms. The molecule has 96 valence electrons. The molecule has 0 radical (unpaired) electrons. The molecular formula is C12H19NO3S. The van der Waals surface area contributed by atoms with E-state index in [4.69, 9.17) is 4.74 Å². The second-order valence-electron chi connectivity index (χ2n) is 3.91. The van der Waals surface area contributed by atoms with Crippen LogP contribution in [-0.2, 0) is 16.4 Å². The molecular weight excluding hydrogens is 238 g/mol. The van der Waals surface area contributed by atoms with Crippen LogP contribution in [0.2, 0.25) is 0 Å². The Hall–Kier alpha value is -1.07. The molecule has 1 aromatic carbocycles. The van der Waals surface area contributed by atoms with Crippen LogP contribution >= 0.6 is 0 Å². The van der Waals surface area contributed by atoms with E-state index in [1.165, 1.54) is 0 Å². The van der Waals surface area contributed by atoms with Crippen LogP contribution in [0.5, 0.6) is 5.75 Å². The summed E-state index contributed by atoms with van der Waals surface area (Å²) in [6.45, 7) is 3.20. The fourth-order valence-electron chi connectivity index (χ4n) is 1.35. The first-order valence-corrected chi connectivity index (χ1v) is 7.57. The maximum atomic E-state index is 10.9. The van der Waals surface area contributed by atoms with Crippen LogP contribution in [0.15, 0.2) is 24.3 Å². The van der Waals surface area contributed by atoms with Gasteiger partial charge in [0, 0.05) is 6.54 Å². The summed E-state index contributed by atoms with van der Waals surface area (Å²) in [6, 6.07) is 7.72. The quantitative estimate of drug-likeness (QED) is 0.806. The zero-order chi connectivity index (χ0) is 12.7. The molecule has 0 aliphatic heterocycles. The summed E-state index contributed by atoms with van der Waals surface area (Å²) >= 11 is 0. The van der Waals surface area contributed by atoms with Gasteiger partial charge in [-0.3, -0.25) is 0 Å². The number of hydrogen-bond acceptors (Lipinski definition) is 3. The number of rotatable bonds is 7. The normalized spacial score (nSPS) is 11.4. The van der Waals surface area contributed by atoms with Crippen molar-refractivity contribution in [3.05, 3.63) is 29.8 Å². The third-order valence-electron chi connectivity index (χ3n) is 2.17. The maximum Gasteiger partial charge on any atom is 0.208 e. The fraction of sp³-hybridized carbons (Fsp3) is 0.500. The molecule has 0 aliphatic carbocycles. The minimum Gasteiger partial charge on any atom is -0.494 e. The lowest BCUT2D eigenvalue weighted by molar-refractivity contribution is 0.317. The Labute approximate surface area is 103 Å². The van der Waals surface area contributed by atoms with Crippen molar-refractivity contribution in [2.75, 3.05) is 19.4 Å². The van der Waals surface area contributed by atoms with Crippen LogP contribution in [0.4, 0.5) is 0 Å².